The van der Waals surface area contributed by atoms with E-state index in [1.807, 2.05) is 42.6 Å². The Hall–Kier alpha value is -1.91. The maximum absolute atomic E-state index is 11.9. The molecular weight excluding hydrogens is 264 g/mol. The molecule has 5 nitrogen and oxygen atoms in total. The van der Waals surface area contributed by atoms with Gasteiger partial charge in [-0.05, 0) is 5.92 Å². The Bertz CT molecular complexity index is 630. The molecule has 0 aliphatic carbocycles. The van der Waals surface area contributed by atoms with Crippen molar-refractivity contribution >= 4 is 17.2 Å². The van der Waals surface area contributed by atoms with Crippen LogP contribution in [0.15, 0.2) is 18.3 Å². The lowest BCUT2D eigenvalue weighted by Gasteiger charge is -2.22. The van der Waals surface area contributed by atoms with Gasteiger partial charge in [0.05, 0.1) is 11.9 Å². The first-order valence-electron chi connectivity index (χ1n) is 7.47. The highest BCUT2D eigenvalue weighted by Gasteiger charge is 2.22. The van der Waals surface area contributed by atoms with Gasteiger partial charge in [0.25, 0.3) is 0 Å². The first kappa shape index (κ1) is 15.5. The van der Waals surface area contributed by atoms with Crippen molar-refractivity contribution in [2.75, 3.05) is 19.0 Å². The summed E-state index contributed by atoms with van der Waals surface area (Å²) in [5, 5.41) is 4.31. The van der Waals surface area contributed by atoms with Crippen LogP contribution >= 0.6 is 0 Å². The topological polar surface area (TPSA) is 50.5 Å². The highest BCUT2D eigenvalue weighted by molar-refractivity contribution is 5.79. The molecule has 0 aliphatic rings. The standard InChI is InChI=1S/C16H24N4O/c1-6-12(21)9-13(11(2)3)14-10-16(19(4)5)20-15(18-14)7-8-17-20/h7-8,10-11,13H,6,9H2,1-5H3. The molecular formula is C16H24N4O. The third kappa shape index (κ3) is 3.23. The van der Waals surface area contributed by atoms with Gasteiger partial charge in [-0.3, -0.25) is 4.79 Å². The molecule has 0 bridgehead atoms. The van der Waals surface area contributed by atoms with E-state index in [0.717, 1.165) is 17.2 Å². The fraction of sp³-hybridized carbons (Fsp3) is 0.562. The zero-order valence-corrected chi connectivity index (χ0v) is 13.5. The SMILES string of the molecule is CCC(=O)CC(c1cc(N(C)C)n2nccc2n1)C(C)C. The van der Waals surface area contributed by atoms with Gasteiger partial charge in [-0.15, -0.1) is 0 Å². The Labute approximate surface area is 126 Å². The van der Waals surface area contributed by atoms with Gasteiger partial charge < -0.3 is 4.90 Å². The molecule has 114 valence electrons. The van der Waals surface area contributed by atoms with E-state index < -0.39 is 0 Å². The van der Waals surface area contributed by atoms with Gasteiger partial charge in [-0.1, -0.05) is 20.8 Å². The second-order valence-electron chi connectivity index (χ2n) is 5.98. The lowest BCUT2D eigenvalue weighted by molar-refractivity contribution is -0.119. The second kappa shape index (κ2) is 6.24. The molecule has 1 atom stereocenters. The minimum absolute atomic E-state index is 0.149. The van der Waals surface area contributed by atoms with Crippen molar-refractivity contribution in [3.8, 4) is 0 Å². The summed E-state index contributed by atoms with van der Waals surface area (Å²) in [6.45, 7) is 6.20. The van der Waals surface area contributed by atoms with Crippen LogP contribution in [0, 0.1) is 5.92 Å². The maximum Gasteiger partial charge on any atom is 0.157 e. The van der Waals surface area contributed by atoms with E-state index >= 15 is 0 Å². The van der Waals surface area contributed by atoms with E-state index in [0.29, 0.717) is 18.8 Å². The first-order chi connectivity index (χ1) is 9.93. The van der Waals surface area contributed by atoms with Crippen LogP contribution in [0.25, 0.3) is 5.65 Å². The average Bonchev–Trinajstić information content (AvgIpc) is 2.90. The summed E-state index contributed by atoms with van der Waals surface area (Å²) in [7, 11) is 3.98. The monoisotopic (exact) mass is 288 g/mol. The number of ketones is 1. The third-order valence-electron chi connectivity index (χ3n) is 3.85. The number of fused-ring (bicyclic) bond motifs is 1. The summed E-state index contributed by atoms with van der Waals surface area (Å²) in [5.41, 5.74) is 1.80. The van der Waals surface area contributed by atoms with E-state index in [1.54, 1.807) is 6.20 Å². The van der Waals surface area contributed by atoms with Crippen molar-refractivity contribution in [2.24, 2.45) is 5.92 Å². The predicted molar refractivity (Wildman–Crippen MR) is 84.8 cm³/mol. The van der Waals surface area contributed by atoms with Crippen LogP contribution in [0.2, 0.25) is 0 Å². The van der Waals surface area contributed by atoms with Crippen molar-refractivity contribution in [1.82, 2.24) is 14.6 Å². The van der Waals surface area contributed by atoms with Crippen molar-refractivity contribution in [2.45, 2.75) is 39.5 Å². The molecule has 0 amide bonds. The van der Waals surface area contributed by atoms with Crippen LogP contribution < -0.4 is 4.90 Å². The summed E-state index contributed by atoms with van der Waals surface area (Å²) in [4.78, 5) is 18.6. The number of anilines is 1. The summed E-state index contributed by atoms with van der Waals surface area (Å²) >= 11 is 0. The number of carbonyl (C=O) groups excluding carboxylic acids is 1. The molecule has 5 heteroatoms. The van der Waals surface area contributed by atoms with Gasteiger partial charge in [0.1, 0.15) is 11.6 Å². The Morgan fingerprint density at radius 1 is 1.38 bits per heavy atom. The highest BCUT2D eigenvalue weighted by atomic mass is 16.1. The molecule has 2 aromatic rings. The Balaban J connectivity index is 2.49. The Morgan fingerprint density at radius 2 is 2.10 bits per heavy atom. The van der Waals surface area contributed by atoms with Crippen LogP contribution in [0.4, 0.5) is 5.82 Å². The van der Waals surface area contributed by atoms with E-state index in [2.05, 4.69) is 18.9 Å². The van der Waals surface area contributed by atoms with E-state index in [9.17, 15) is 4.79 Å². The number of aromatic nitrogens is 3. The molecule has 0 saturated heterocycles. The van der Waals surface area contributed by atoms with Gasteiger partial charge in [0.15, 0.2) is 5.65 Å². The van der Waals surface area contributed by atoms with Crippen molar-refractivity contribution < 1.29 is 4.79 Å². The summed E-state index contributed by atoms with van der Waals surface area (Å²) in [6.07, 6.45) is 2.89. The molecule has 0 aromatic carbocycles. The zero-order chi connectivity index (χ0) is 15.6. The van der Waals surface area contributed by atoms with Crippen LogP contribution in [0.5, 0.6) is 0 Å². The summed E-state index contributed by atoms with van der Waals surface area (Å²) in [6, 6.07) is 3.95. The fourth-order valence-corrected chi connectivity index (χ4v) is 2.50. The molecule has 2 heterocycles. The highest BCUT2D eigenvalue weighted by Crippen LogP contribution is 2.30. The van der Waals surface area contributed by atoms with Gasteiger partial charge in [0, 0.05) is 45.0 Å². The number of hydrogen-bond acceptors (Lipinski definition) is 4. The van der Waals surface area contributed by atoms with Crippen LogP contribution in [-0.4, -0.2) is 34.5 Å². The van der Waals surface area contributed by atoms with E-state index in [-0.39, 0.29) is 11.7 Å². The number of hydrogen-bond donors (Lipinski definition) is 0. The first-order valence-corrected chi connectivity index (χ1v) is 7.47. The quantitative estimate of drug-likeness (QED) is 0.820. The van der Waals surface area contributed by atoms with E-state index in [1.165, 1.54) is 0 Å². The lowest BCUT2D eigenvalue weighted by Crippen LogP contribution is -2.18. The second-order valence-corrected chi connectivity index (χ2v) is 5.98. The Kier molecular flexibility index (Phi) is 4.60. The number of rotatable bonds is 6. The minimum atomic E-state index is 0.149. The van der Waals surface area contributed by atoms with E-state index in [4.69, 9.17) is 4.98 Å². The van der Waals surface area contributed by atoms with Crippen molar-refractivity contribution in [3.05, 3.63) is 24.0 Å². The number of carbonyl (C=O) groups is 1. The predicted octanol–water partition coefficient (Wildman–Crippen LogP) is 2.90. The smallest absolute Gasteiger partial charge is 0.157 e. The van der Waals surface area contributed by atoms with Gasteiger partial charge in [-0.2, -0.15) is 9.61 Å². The maximum atomic E-state index is 11.9. The van der Waals surface area contributed by atoms with Crippen LogP contribution in [-0.2, 0) is 4.79 Å². The lowest BCUT2D eigenvalue weighted by atomic mass is 9.87. The van der Waals surface area contributed by atoms with Crippen LogP contribution in [0.3, 0.4) is 0 Å². The van der Waals surface area contributed by atoms with Gasteiger partial charge >= 0.3 is 0 Å². The molecule has 21 heavy (non-hydrogen) atoms. The third-order valence-corrected chi connectivity index (χ3v) is 3.85. The summed E-state index contributed by atoms with van der Waals surface area (Å²) in [5.74, 6) is 1.79. The van der Waals surface area contributed by atoms with Crippen LogP contribution in [0.1, 0.15) is 45.2 Å². The molecule has 2 rings (SSSR count). The fourth-order valence-electron chi connectivity index (χ4n) is 2.50. The average molecular weight is 288 g/mol. The number of Topliss-reactive ketones (excluding diaryl/α,β-unsaturated/α-hetero) is 1. The molecule has 0 spiro atoms. The largest absolute Gasteiger partial charge is 0.363 e. The molecule has 0 radical (unpaired) electrons. The summed E-state index contributed by atoms with van der Waals surface area (Å²) < 4.78 is 1.82. The van der Waals surface area contributed by atoms with Crippen molar-refractivity contribution in [1.29, 1.82) is 0 Å². The van der Waals surface area contributed by atoms with Gasteiger partial charge in [-0.25, -0.2) is 4.98 Å². The minimum Gasteiger partial charge on any atom is -0.363 e. The molecule has 1 unspecified atom stereocenters. The normalized spacial score (nSPS) is 12.9. The molecule has 0 saturated carbocycles. The molecule has 2 aromatic heterocycles. The molecule has 0 fully saturated rings. The molecule has 0 aliphatic heterocycles. The number of nitrogens with zero attached hydrogens (tertiary/aromatic N) is 4. The van der Waals surface area contributed by atoms with Crippen molar-refractivity contribution in [3.63, 3.8) is 0 Å². The molecule has 0 N–H and O–H groups in total. The zero-order valence-electron chi connectivity index (χ0n) is 13.5. The Morgan fingerprint density at radius 3 is 2.67 bits per heavy atom. The van der Waals surface area contributed by atoms with Gasteiger partial charge in [0.2, 0.25) is 0 Å².